The molecule has 1 aliphatic rings. The number of ether oxygens (including phenoxy) is 3. The SMILES string of the molecule is CCCCc1ccc(OCC(O)CNC(C)Cc2ccc3c(c2)OC(C(=O)O)(C(=O)O)O3)cc1. The Morgan fingerprint density at radius 1 is 1.03 bits per heavy atom. The summed E-state index contributed by atoms with van der Waals surface area (Å²) in [6, 6.07) is 12.6. The van der Waals surface area contributed by atoms with Gasteiger partial charge >= 0.3 is 17.7 Å². The van der Waals surface area contributed by atoms with Crippen molar-refractivity contribution < 1.29 is 39.1 Å². The number of unbranched alkanes of at least 4 members (excludes halogenated alkanes) is 1. The summed E-state index contributed by atoms with van der Waals surface area (Å²) < 4.78 is 15.9. The Kier molecular flexibility index (Phi) is 8.36. The predicted octanol–water partition coefficient (Wildman–Crippen LogP) is 2.63. The summed E-state index contributed by atoms with van der Waals surface area (Å²) in [6.07, 6.45) is 3.19. The Bertz CT molecular complexity index is 977. The molecule has 9 heteroatoms. The second kappa shape index (κ2) is 11.2. The first-order chi connectivity index (χ1) is 16.2. The smallest absolute Gasteiger partial charge is 0.453 e. The lowest BCUT2D eigenvalue weighted by Crippen LogP contribution is -2.54. The van der Waals surface area contributed by atoms with Crippen LogP contribution in [0.1, 0.15) is 37.8 Å². The van der Waals surface area contributed by atoms with E-state index in [0.29, 0.717) is 18.7 Å². The zero-order chi connectivity index (χ0) is 24.7. The third-order valence-corrected chi connectivity index (χ3v) is 5.51. The van der Waals surface area contributed by atoms with Crippen LogP contribution < -0.4 is 19.5 Å². The average molecular weight is 474 g/mol. The quantitative estimate of drug-likeness (QED) is 0.324. The van der Waals surface area contributed by atoms with Crippen molar-refractivity contribution in [2.45, 2.75) is 57.5 Å². The summed E-state index contributed by atoms with van der Waals surface area (Å²) >= 11 is 0. The molecule has 0 amide bonds. The Balaban J connectivity index is 1.44. The Labute approximate surface area is 198 Å². The maximum Gasteiger partial charge on any atom is 0.453 e. The molecule has 0 fully saturated rings. The number of aliphatic carboxylic acids is 2. The molecule has 2 atom stereocenters. The largest absolute Gasteiger partial charge is 0.491 e. The Hall–Kier alpha value is -3.30. The Morgan fingerprint density at radius 3 is 2.32 bits per heavy atom. The third-order valence-electron chi connectivity index (χ3n) is 5.51. The first kappa shape index (κ1) is 25.3. The van der Waals surface area contributed by atoms with Crippen molar-refractivity contribution in [3.63, 3.8) is 0 Å². The van der Waals surface area contributed by atoms with E-state index in [1.165, 1.54) is 11.6 Å². The highest BCUT2D eigenvalue weighted by Crippen LogP contribution is 2.40. The van der Waals surface area contributed by atoms with E-state index in [0.717, 1.165) is 24.8 Å². The molecule has 2 aromatic rings. The summed E-state index contributed by atoms with van der Waals surface area (Å²) in [5.41, 5.74) is 2.06. The van der Waals surface area contributed by atoms with Crippen LogP contribution >= 0.6 is 0 Å². The molecule has 0 saturated heterocycles. The van der Waals surface area contributed by atoms with Crippen LogP contribution in [0.3, 0.4) is 0 Å². The van der Waals surface area contributed by atoms with E-state index in [1.54, 1.807) is 12.1 Å². The van der Waals surface area contributed by atoms with E-state index in [1.807, 2.05) is 31.2 Å². The van der Waals surface area contributed by atoms with Crippen LogP contribution in [0, 0.1) is 0 Å². The van der Waals surface area contributed by atoms with Gasteiger partial charge in [-0.15, -0.1) is 0 Å². The first-order valence-electron chi connectivity index (χ1n) is 11.3. The van der Waals surface area contributed by atoms with Crippen molar-refractivity contribution >= 4 is 11.9 Å². The summed E-state index contributed by atoms with van der Waals surface area (Å²) in [6.45, 7) is 4.58. The maximum absolute atomic E-state index is 11.4. The Morgan fingerprint density at radius 2 is 1.68 bits per heavy atom. The highest BCUT2D eigenvalue weighted by molar-refractivity contribution is 6.01. The van der Waals surface area contributed by atoms with Crippen molar-refractivity contribution in [1.82, 2.24) is 5.32 Å². The molecular formula is C25H31NO8. The molecule has 3 rings (SSSR count). The molecule has 2 aromatic carbocycles. The number of aryl methyl sites for hydroxylation is 1. The van der Waals surface area contributed by atoms with E-state index in [-0.39, 0.29) is 24.1 Å². The lowest BCUT2D eigenvalue weighted by Gasteiger charge is -2.18. The van der Waals surface area contributed by atoms with E-state index in [4.69, 9.17) is 14.2 Å². The number of carboxylic acids is 2. The van der Waals surface area contributed by atoms with Gasteiger partial charge in [0.15, 0.2) is 11.5 Å². The molecule has 2 unspecified atom stereocenters. The zero-order valence-electron chi connectivity index (χ0n) is 19.3. The molecule has 184 valence electrons. The fourth-order valence-corrected chi connectivity index (χ4v) is 3.59. The zero-order valence-corrected chi connectivity index (χ0v) is 19.3. The molecule has 1 aliphatic heterocycles. The van der Waals surface area contributed by atoms with Crippen molar-refractivity contribution in [2.24, 2.45) is 0 Å². The van der Waals surface area contributed by atoms with Gasteiger partial charge in [0, 0.05) is 12.6 Å². The summed E-state index contributed by atoms with van der Waals surface area (Å²) in [7, 11) is 0. The van der Waals surface area contributed by atoms with Gasteiger partial charge in [-0.25, -0.2) is 9.59 Å². The van der Waals surface area contributed by atoms with E-state index >= 15 is 0 Å². The van der Waals surface area contributed by atoms with Crippen molar-refractivity contribution in [3.05, 3.63) is 53.6 Å². The average Bonchev–Trinajstić information content (AvgIpc) is 3.21. The minimum Gasteiger partial charge on any atom is -0.491 e. The molecule has 9 nitrogen and oxygen atoms in total. The van der Waals surface area contributed by atoms with E-state index in [2.05, 4.69) is 12.2 Å². The number of benzene rings is 2. The summed E-state index contributed by atoms with van der Waals surface area (Å²) in [4.78, 5) is 22.7. The lowest BCUT2D eigenvalue weighted by molar-refractivity contribution is -0.194. The van der Waals surface area contributed by atoms with Gasteiger partial charge in [-0.05, 0) is 61.6 Å². The van der Waals surface area contributed by atoms with Gasteiger partial charge < -0.3 is 34.8 Å². The first-order valence-corrected chi connectivity index (χ1v) is 11.3. The van der Waals surface area contributed by atoms with E-state index < -0.39 is 23.8 Å². The fraction of sp³-hybridized carbons (Fsp3) is 0.440. The third kappa shape index (κ3) is 6.18. The van der Waals surface area contributed by atoms with Crippen LogP contribution in [-0.2, 0) is 22.4 Å². The lowest BCUT2D eigenvalue weighted by atomic mass is 10.1. The number of aliphatic hydroxyl groups is 1. The van der Waals surface area contributed by atoms with Gasteiger partial charge in [0.2, 0.25) is 0 Å². The topological polar surface area (TPSA) is 135 Å². The number of carbonyl (C=O) groups is 2. The number of aliphatic hydroxyl groups excluding tert-OH is 1. The van der Waals surface area contributed by atoms with Gasteiger partial charge in [-0.2, -0.15) is 0 Å². The molecule has 0 aromatic heterocycles. The molecule has 0 bridgehead atoms. The van der Waals surface area contributed by atoms with Crippen LogP contribution in [0.15, 0.2) is 42.5 Å². The number of nitrogens with one attached hydrogen (secondary N) is 1. The van der Waals surface area contributed by atoms with Crippen molar-refractivity contribution in [1.29, 1.82) is 0 Å². The van der Waals surface area contributed by atoms with Gasteiger partial charge in [0.1, 0.15) is 18.5 Å². The minimum atomic E-state index is -2.77. The molecule has 0 radical (unpaired) electrons. The fourth-order valence-electron chi connectivity index (χ4n) is 3.59. The van der Waals surface area contributed by atoms with Crippen LogP contribution in [-0.4, -0.2) is 58.3 Å². The van der Waals surface area contributed by atoms with Gasteiger partial charge in [0.25, 0.3) is 0 Å². The predicted molar refractivity (Wildman–Crippen MR) is 123 cm³/mol. The number of fused-ring (bicyclic) bond motifs is 1. The maximum atomic E-state index is 11.4. The summed E-state index contributed by atoms with van der Waals surface area (Å²) in [5.74, 6) is -5.42. The van der Waals surface area contributed by atoms with Crippen LogP contribution in [0.2, 0.25) is 0 Å². The molecule has 0 saturated carbocycles. The molecule has 4 N–H and O–H groups in total. The molecule has 0 aliphatic carbocycles. The number of hydrogen-bond donors (Lipinski definition) is 4. The second-order valence-electron chi connectivity index (χ2n) is 8.44. The van der Waals surface area contributed by atoms with Gasteiger partial charge in [-0.3, -0.25) is 0 Å². The molecule has 1 heterocycles. The molecule has 0 spiro atoms. The monoisotopic (exact) mass is 473 g/mol. The second-order valence-corrected chi connectivity index (χ2v) is 8.44. The molecule has 34 heavy (non-hydrogen) atoms. The van der Waals surface area contributed by atoms with E-state index in [9.17, 15) is 24.9 Å². The number of carboxylic acid groups (broad SMARTS) is 2. The number of hydrogen-bond acceptors (Lipinski definition) is 7. The highest BCUT2D eigenvalue weighted by Gasteiger charge is 2.57. The van der Waals surface area contributed by atoms with Crippen molar-refractivity contribution in [3.8, 4) is 17.2 Å². The minimum absolute atomic E-state index is 0.0309. The van der Waals surface area contributed by atoms with Crippen LogP contribution in [0.25, 0.3) is 0 Å². The van der Waals surface area contributed by atoms with Crippen LogP contribution in [0.4, 0.5) is 0 Å². The highest BCUT2D eigenvalue weighted by atomic mass is 16.8. The summed E-state index contributed by atoms with van der Waals surface area (Å²) in [5, 5.41) is 31.9. The van der Waals surface area contributed by atoms with Gasteiger partial charge in [0.05, 0.1) is 0 Å². The number of rotatable bonds is 13. The molecular weight excluding hydrogens is 442 g/mol. The standard InChI is InChI=1S/C25H31NO8/c1-3-4-5-17-6-9-20(10-7-17)32-15-19(27)14-26-16(2)12-18-8-11-21-22(13-18)34-25(33-21,23(28)29)24(30)31/h6-11,13,16,19,26-27H,3-5,12,14-15H2,1-2H3,(H,28,29)(H,30,31). The van der Waals surface area contributed by atoms with Crippen LogP contribution in [0.5, 0.6) is 17.2 Å². The van der Waals surface area contributed by atoms with Gasteiger partial charge in [-0.1, -0.05) is 31.5 Å². The van der Waals surface area contributed by atoms with Crippen molar-refractivity contribution in [2.75, 3.05) is 13.2 Å². The normalized spacial score (nSPS) is 15.5.